The average Bonchev–Trinajstić information content (AvgIpc) is 2.67. The Labute approximate surface area is 117 Å². The highest BCUT2D eigenvalue weighted by atomic mass is 16.1. The van der Waals surface area contributed by atoms with Crippen LogP contribution in [-0.2, 0) is 5.54 Å². The summed E-state index contributed by atoms with van der Waals surface area (Å²) < 4.78 is 1.61. The molecule has 106 valence electrons. The number of nitrogens with zero attached hydrogens (tertiary/aromatic N) is 2. The van der Waals surface area contributed by atoms with Gasteiger partial charge in [-0.15, -0.1) is 0 Å². The molecule has 2 rings (SSSR count). The van der Waals surface area contributed by atoms with Crippen LogP contribution in [0.3, 0.4) is 0 Å². The average molecular weight is 273 g/mol. The minimum Gasteiger partial charge on any atom is -0.399 e. The standard InChI is InChI=1S/C14H19N5O/c1-14(2,3)19-12(16)10(13(17)20)11(18-19)8-4-6-9(15)7-5-8/h4-7H,15-16H2,1-3H3,(H2,17,20). The van der Waals surface area contributed by atoms with Crippen LogP contribution >= 0.6 is 0 Å². The Balaban J connectivity index is 2.69. The van der Waals surface area contributed by atoms with Crippen molar-refractivity contribution in [1.29, 1.82) is 0 Å². The first-order valence-electron chi connectivity index (χ1n) is 6.26. The highest BCUT2D eigenvalue weighted by molar-refractivity contribution is 6.03. The maximum Gasteiger partial charge on any atom is 0.254 e. The monoisotopic (exact) mass is 273 g/mol. The first-order chi connectivity index (χ1) is 9.21. The molecule has 0 spiro atoms. The topological polar surface area (TPSA) is 113 Å². The van der Waals surface area contributed by atoms with Gasteiger partial charge in [-0.05, 0) is 32.9 Å². The first kappa shape index (κ1) is 13.9. The van der Waals surface area contributed by atoms with E-state index >= 15 is 0 Å². The SMILES string of the molecule is CC(C)(C)n1nc(-c2ccc(N)cc2)c(C(N)=O)c1N. The Kier molecular flexibility index (Phi) is 3.17. The largest absolute Gasteiger partial charge is 0.399 e. The first-order valence-corrected chi connectivity index (χ1v) is 6.26. The second-order valence-corrected chi connectivity index (χ2v) is 5.68. The Bertz CT molecular complexity index is 649. The molecule has 20 heavy (non-hydrogen) atoms. The van der Waals surface area contributed by atoms with E-state index in [1.807, 2.05) is 20.8 Å². The van der Waals surface area contributed by atoms with Gasteiger partial charge < -0.3 is 17.2 Å². The molecule has 0 saturated carbocycles. The summed E-state index contributed by atoms with van der Waals surface area (Å²) in [5.41, 5.74) is 18.9. The van der Waals surface area contributed by atoms with Gasteiger partial charge >= 0.3 is 0 Å². The van der Waals surface area contributed by atoms with E-state index in [1.54, 1.807) is 28.9 Å². The summed E-state index contributed by atoms with van der Waals surface area (Å²) in [7, 11) is 0. The van der Waals surface area contributed by atoms with Crippen LogP contribution in [-0.4, -0.2) is 15.7 Å². The van der Waals surface area contributed by atoms with E-state index in [0.29, 0.717) is 11.4 Å². The molecule has 1 aromatic carbocycles. The van der Waals surface area contributed by atoms with Crippen LogP contribution in [0.2, 0.25) is 0 Å². The summed E-state index contributed by atoms with van der Waals surface area (Å²) >= 11 is 0. The fourth-order valence-corrected chi connectivity index (χ4v) is 2.03. The van der Waals surface area contributed by atoms with Crippen molar-refractivity contribution in [2.75, 3.05) is 11.5 Å². The number of nitrogen functional groups attached to an aromatic ring is 2. The van der Waals surface area contributed by atoms with Crippen LogP contribution in [0.4, 0.5) is 11.5 Å². The molecule has 1 heterocycles. The third kappa shape index (κ3) is 2.32. The van der Waals surface area contributed by atoms with Crippen molar-refractivity contribution >= 4 is 17.4 Å². The Hall–Kier alpha value is -2.50. The van der Waals surface area contributed by atoms with Crippen molar-refractivity contribution in [3.05, 3.63) is 29.8 Å². The molecule has 0 bridgehead atoms. The third-order valence-corrected chi connectivity index (χ3v) is 2.99. The van der Waals surface area contributed by atoms with E-state index in [9.17, 15) is 4.79 Å². The van der Waals surface area contributed by atoms with E-state index in [1.165, 1.54) is 0 Å². The summed E-state index contributed by atoms with van der Waals surface area (Å²) in [5.74, 6) is -0.318. The predicted octanol–water partition coefficient (Wildman–Crippen LogP) is 1.57. The zero-order chi connectivity index (χ0) is 15.1. The normalized spacial score (nSPS) is 11.6. The molecule has 0 aliphatic rings. The number of benzene rings is 1. The number of hydrogen-bond acceptors (Lipinski definition) is 4. The quantitative estimate of drug-likeness (QED) is 0.720. The van der Waals surface area contributed by atoms with Crippen molar-refractivity contribution in [3.63, 3.8) is 0 Å². The molecular formula is C14H19N5O. The zero-order valence-corrected chi connectivity index (χ0v) is 11.8. The fourth-order valence-electron chi connectivity index (χ4n) is 2.03. The smallest absolute Gasteiger partial charge is 0.254 e. The van der Waals surface area contributed by atoms with Gasteiger partial charge in [0.2, 0.25) is 0 Å². The molecule has 0 radical (unpaired) electrons. The molecule has 1 aromatic heterocycles. The Morgan fingerprint density at radius 3 is 2.15 bits per heavy atom. The lowest BCUT2D eigenvalue weighted by molar-refractivity contribution is 0.100. The maximum atomic E-state index is 11.7. The van der Waals surface area contributed by atoms with E-state index in [0.717, 1.165) is 5.56 Å². The van der Waals surface area contributed by atoms with Gasteiger partial charge in [-0.2, -0.15) is 5.10 Å². The van der Waals surface area contributed by atoms with Crippen molar-refractivity contribution in [1.82, 2.24) is 9.78 Å². The van der Waals surface area contributed by atoms with Gasteiger partial charge in [0.05, 0.1) is 5.54 Å². The van der Waals surface area contributed by atoms with Crippen LogP contribution in [0.5, 0.6) is 0 Å². The van der Waals surface area contributed by atoms with Crippen LogP contribution in [0.15, 0.2) is 24.3 Å². The van der Waals surface area contributed by atoms with Gasteiger partial charge in [0.1, 0.15) is 17.1 Å². The molecule has 0 atom stereocenters. The lowest BCUT2D eigenvalue weighted by Crippen LogP contribution is -2.25. The van der Waals surface area contributed by atoms with Gasteiger partial charge in [0.15, 0.2) is 0 Å². The second-order valence-electron chi connectivity index (χ2n) is 5.68. The molecule has 0 fully saturated rings. The van der Waals surface area contributed by atoms with Crippen molar-refractivity contribution in [3.8, 4) is 11.3 Å². The number of hydrogen-bond donors (Lipinski definition) is 3. The molecule has 6 nitrogen and oxygen atoms in total. The highest BCUT2D eigenvalue weighted by Gasteiger charge is 2.26. The number of carbonyl (C=O) groups excluding carboxylic acids is 1. The van der Waals surface area contributed by atoms with Crippen LogP contribution < -0.4 is 17.2 Å². The van der Waals surface area contributed by atoms with E-state index in [-0.39, 0.29) is 16.9 Å². The molecule has 2 aromatic rings. The van der Waals surface area contributed by atoms with E-state index < -0.39 is 5.91 Å². The predicted molar refractivity (Wildman–Crippen MR) is 80.0 cm³/mol. The number of carbonyl (C=O) groups is 1. The minimum atomic E-state index is -0.593. The lowest BCUT2D eigenvalue weighted by atomic mass is 10.1. The van der Waals surface area contributed by atoms with Gasteiger partial charge in [-0.1, -0.05) is 12.1 Å². The lowest BCUT2D eigenvalue weighted by Gasteiger charge is -2.20. The van der Waals surface area contributed by atoms with Gasteiger partial charge in [-0.25, -0.2) is 4.68 Å². The van der Waals surface area contributed by atoms with Crippen molar-refractivity contribution < 1.29 is 4.79 Å². The molecule has 0 aliphatic heterocycles. The van der Waals surface area contributed by atoms with Crippen molar-refractivity contribution in [2.24, 2.45) is 5.73 Å². The number of rotatable bonds is 2. The Morgan fingerprint density at radius 1 is 1.15 bits per heavy atom. The number of anilines is 2. The summed E-state index contributed by atoms with van der Waals surface area (Å²) in [5, 5.41) is 4.45. The third-order valence-electron chi connectivity index (χ3n) is 2.99. The summed E-state index contributed by atoms with van der Waals surface area (Å²) in [6.07, 6.45) is 0. The highest BCUT2D eigenvalue weighted by Crippen LogP contribution is 2.30. The van der Waals surface area contributed by atoms with Crippen LogP contribution in [0.1, 0.15) is 31.1 Å². The zero-order valence-electron chi connectivity index (χ0n) is 11.8. The number of primary amides is 1. The van der Waals surface area contributed by atoms with Gasteiger partial charge in [0, 0.05) is 11.3 Å². The molecule has 1 amide bonds. The number of nitrogens with two attached hydrogens (primary N) is 3. The number of amides is 1. The fraction of sp³-hybridized carbons (Fsp3) is 0.286. The van der Waals surface area contributed by atoms with Crippen molar-refractivity contribution in [2.45, 2.75) is 26.3 Å². The summed E-state index contributed by atoms with van der Waals surface area (Å²) in [6.45, 7) is 5.86. The minimum absolute atomic E-state index is 0.240. The molecule has 0 unspecified atom stereocenters. The molecule has 6 N–H and O–H groups in total. The molecule has 6 heteroatoms. The Morgan fingerprint density at radius 2 is 1.70 bits per heavy atom. The van der Waals surface area contributed by atoms with Crippen LogP contribution in [0, 0.1) is 0 Å². The maximum absolute atomic E-state index is 11.7. The summed E-state index contributed by atoms with van der Waals surface area (Å²) in [4.78, 5) is 11.7. The van der Waals surface area contributed by atoms with E-state index in [2.05, 4.69) is 5.10 Å². The summed E-state index contributed by atoms with van der Waals surface area (Å²) in [6, 6.07) is 7.06. The second kappa shape index (κ2) is 4.56. The van der Waals surface area contributed by atoms with Gasteiger partial charge in [0.25, 0.3) is 5.91 Å². The number of aromatic nitrogens is 2. The molecule has 0 saturated heterocycles. The molecule has 0 aliphatic carbocycles. The van der Waals surface area contributed by atoms with E-state index in [4.69, 9.17) is 17.2 Å². The molecular weight excluding hydrogens is 254 g/mol. The van der Waals surface area contributed by atoms with Crippen LogP contribution in [0.25, 0.3) is 11.3 Å². The van der Waals surface area contributed by atoms with Gasteiger partial charge in [-0.3, -0.25) is 4.79 Å².